The molecule has 2 fully saturated rings. The molecule has 0 aliphatic carbocycles. The summed E-state index contributed by atoms with van der Waals surface area (Å²) in [6, 6.07) is 6.19. The Morgan fingerprint density at radius 1 is 1.12 bits per heavy atom. The van der Waals surface area contributed by atoms with Gasteiger partial charge in [0.2, 0.25) is 15.9 Å². The summed E-state index contributed by atoms with van der Waals surface area (Å²) in [6.07, 6.45) is 1.47. The molecule has 1 aromatic rings. The van der Waals surface area contributed by atoms with Crippen LogP contribution in [0, 0.1) is 5.92 Å². The first-order chi connectivity index (χ1) is 11.5. The van der Waals surface area contributed by atoms with Crippen LogP contribution in [-0.4, -0.2) is 61.2 Å². The van der Waals surface area contributed by atoms with Gasteiger partial charge < -0.3 is 4.90 Å². The van der Waals surface area contributed by atoms with Crippen LogP contribution in [0.4, 0.5) is 0 Å². The van der Waals surface area contributed by atoms with Gasteiger partial charge in [-0.1, -0.05) is 11.6 Å². The van der Waals surface area contributed by atoms with E-state index in [2.05, 4.69) is 0 Å². The Labute approximate surface area is 152 Å². The van der Waals surface area contributed by atoms with Crippen molar-refractivity contribution in [3.8, 4) is 0 Å². The van der Waals surface area contributed by atoms with E-state index in [1.165, 1.54) is 16.4 Å². The molecule has 24 heavy (non-hydrogen) atoms. The highest BCUT2D eigenvalue weighted by Crippen LogP contribution is 2.26. The summed E-state index contributed by atoms with van der Waals surface area (Å²) >= 11 is 7.69. The van der Waals surface area contributed by atoms with Gasteiger partial charge in [0.15, 0.2) is 0 Å². The lowest BCUT2D eigenvalue weighted by Gasteiger charge is -2.35. The Morgan fingerprint density at radius 2 is 1.79 bits per heavy atom. The molecule has 132 valence electrons. The molecule has 8 heteroatoms. The standard InChI is InChI=1S/C16H21ClN2O3S2/c17-14-3-5-15(6-4-14)24(21,22)19-7-1-2-13(12-19)16(20)18-8-10-23-11-9-18/h3-6,13H,1-2,7-12H2. The SMILES string of the molecule is O=C(C1CCCN(S(=O)(=O)c2ccc(Cl)cc2)C1)N1CCSCC1. The third-order valence-corrected chi connectivity index (χ3v) is 7.58. The van der Waals surface area contributed by atoms with Crippen LogP contribution in [-0.2, 0) is 14.8 Å². The van der Waals surface area contributed by atoms with Gasteiger partial charge in [-0.3, -0.25) is 4.79 Å². The first-order valence-corrected chi connectivity index (χ1v) is 11.1. The van der Waals surface area contributed by atoms with Crippen LogP contribution in [0.2, 0.25) is 5.02 Å². The van der Waals surface area contributed by atoms with Crippen molar-refractivity contribution in [2.45, 2.75) is 17.7 Å². The molecule has 0 radical (unpaired) electrons. The molecule has 3 rings (SSSR count). The summed E-state index contributed by atoms with van der Waals surface area (Å²) < 4.78 is 27.0. The fourth-order valence-electron chi connectivity index (χ4n) is 3.16. The van der Waals surface area contributed by atoms with Gasteiger partial charge in [-0.05, 0) is 37.1 Å². The first kappa shape index (κ1) is 18.0. The maximum atomic E-state index is 12.8. The molecule has 1 unspecified atom stereocenters. The van der Waals surface area contributed by atoms with Crippen molar-refractivity contribution in [2.24, 2.45) is 5.92 Å². The minimum absolute atomic E-state index is 0.103. The number of piperidine rings is 1. The number of rotatable bonds is 3. The van der Waals surface area contributed by atoms with E-state index in [1.807, 2.05) is 16.7 Å². The van der Waals surface area contributed by atoms with Gasteiger partial charge in [0.05, 0.1) is 10.8 Å². The average Bonchev–Trinajstić information content (AvgIpc) is 2.62. The van der Waals surface area contributed by atoms with Crippen molar-refractivity contribution in [1.82, 2.24) is 9.21 Å². The number of benzene rings is 1. The zero-order chi connectivity index (χ0) is 17.2. The van der Waals surface area contributed by atoms with E-state index in [9.17, 15) is 13.2 Å². The molecule has 0 N–H and O–H groups in total. The summed E-state index contributed by atoms with van der Waals surface area (Å²) in [5, 5.41) is 0.503. The zero-order valence-corrected chi connectivity index (χ0v) is 15.7. The summed E-state index contributed by atoms with van der Waals surface area (Å²) in [7, 11) is -3.58. The minimum Gasteiger partial charge on any atom is -0.341 e. The minimum atomic E-state index is -3.58. The van der Waals surface area contributed by atoms with E-state index < -0.39 is 10.0 Å². The monoisotopic (exact) mass is 388 g/mol. The van der Waals surface area contributed by atoms with Crippen molar-refractivity contribution in [3.63, 3.8) is 0 Å². The van der Waals surface area contributed by atoms with Gasteiger partial charge in [0, 0.05) is 42.7 Å². The Hall–Kier alpha value is -0.760. The van der Waals surface area contributed by atoms with Gasteiger partial charge in [0.1, 0.15) is 0 Å². The molecule has 5 nitrogen and oxygen atoms in total. The van der Waals surface area contributed by atoms with Crippen molar-refractivity contribution in [1.29, 1.82) is 0 Å². The quantitative estimate of drug-likeness (QED) is 0.797. The molecule has 0 bridgehead atoms. The van der Waals surface area contributed by atoms with Crippen molar-refractivity contribution in [2.75, 3.05) is 37.7 Å². The van der Waals surface area contributed by atoms with Crippen LogP contribution in [0.5, 0.6) is 0 Å². The van der Waals surface area contributed by atoms with Crippen LogP contribution in [0.1, 0.15) is 12.8 Å². The number of amides is 1. The van der Waals surface area contributed by atoms with Gasteiger partial charge in [-0.15, -0.1) is 0 Å². The first-order valence-electron chi connectivity index (χ1n) is 8.11. The van der Waals surface area contributed by atoms with Gasteiger partial charge in [0.25, 0.3) is 0 Å². The summed E-state index contributed by atoms with van der Waals surface area (Å²) in [5.74, 6) is 1.80. The number of carbonyl (C=O) groups excluding carboxylic acids is 1. The second-order valence-electron chi connectivity index (χ2n) is 6.09. The van der Waals surface area contributed by atoms with Crippen molar-refractivity contribution in [3.05, 3.63) is 29.3 Å². The average molecular weight is 389 g/mol. The molecular formula is C16H21ClN2O3S2. The maximum absolute atomic E-state index is 12.8. The Bertz CT molecular complexity index is 688. The molecule has 1 amide bonds. The molecule has 0 spiro atoms. The lowest BCUT2D eigenvalue weighted by molar-refractivity contribution is -0.136. The summed E-state index contributed by atoms with van der Waals surface area (Å²) in [4.78, 5) is 14.8. The number of carbonyl (C=O) groups is 1. The largest absolute Gasteiger partial charge is 0.341 e. The van der Waals surface area contributed by atoms with E-state index in [1.54, 1.807) is 12.1 Å². The van der Waals surface area contributed by atoms with E-state index in [0.29, 0.717) is 18.0 Å². The topological polar surface area (TPSA) is 57.7 Å². The van der Waals surface area contributed by atoms with E-state index in [4.69, 9.17) is 11.6 Å². The molecule has 1 atom stereocenters. The highest BCUT2D eigenvalue weighted by molar-refractivity contribution is 7.99. The van der Waals surface area contributed by atoms with E-state index in [-0.39, 0.29) is 23.3 Å². The highest BCUT2D eigenvalue weighted by Gasteiger charge is 2.35. The predicted octanol–water partition coefficient (Wildman–Crippen LogP) is 2.32. The van der Waals surface area contributed by atoms with Gasteiger partial charge in [-0.2, -0.15) is 16.1 Å². The third-order valence-electron chi connectivity index (χ3n) is 4.51. The highest BCUT2D eigenvalue weighted by atomic mass is 35.5. The summed E-state index contributed by atoms with van der Waals surface area (Å²) in [6.45, 7) is 2.27. The maximum Gasteiger partial charge on any atom is 0.243 e. The molecule has 2 aliphatic heterocycles. The summed E-state index contributed by atoms with van der Waals surface area (Å²) in [5.41, 5.74) is 0. The van der Waals surface area contributed by atoms with Crippen LogP contribution in [0.15, 0.2) is 29.2 Å². The fraction of sp³-hybridized carbons (Fsp3) is 0.562. The molecule has 1 aromatic carbocycles. The van der Waals surface area contributed by atoms with Crippen molar-refractivity contribution >= 4 is 39.3 Å². The second-order valence-corrected chi connectivity index (χ2v) is 9.69. The zero-order valence-electron chi connectivity index (χ0n) is 13.4. The van der Waals surface area contributed by atoms with Crippen LogP contribution < -0.4 is 0 Å². The number of sulfonamides is 1. The number of thioether (sulfide) groups is 1. The number of hydrogen-bond acceptors (Lipinski definition) is 4. The van der Waals surface area contributed by atoms with Crippen LogP contribution in [0.3, 0.4) is 0 Å². The van der Waals surface area contributed by atoms with Gasteiger partial charge in [-0.25, -0.2) is 8.42 Å². The second kappa shape index (κ2) is 7.64. The molecule has 2 saturated heterocycles. The number of halogens is 1. The molecule has 0 saturated carbocycles. The lowest BCUT2D eigenvalue weighted by Crippen LogP contribution is -2.48. The molecule has 2 heterocycles. The molecule has 0 aromatic heterocycles. The normalized spacial score (nSPS) is 23.2. The van der Waals surface area contributed by atoms with E-state index >= 15 is 0 Å². The molecular weight excluding hydrogens is 368 g/mol. The Kier molecular flexibility index (Phi) is 5.74. The molecule has 2 aliphatic rings. The van der Waals surface area contributed by atoms with Crippen LogP contribution in [0.25, 0.3) is 0 Å². The number of nitrogens with zero attached hydrogens (tertiary/aromatic N) is 2. The number of hydrogen-bond donors (Lipinski definition) is 0. The van der Waals surface area contributed by atoms with Gasteiger partial charge >= 0.3 is 0 Å². The predicted molar refractivity (Wildman–Crippen MR) is 96.8 cm³/mol. The van der Waals surface area contributed by atoms with E-state index in [0.717, 1.165) is 31.0 Å². The Morgan fingerprint density at radius 3 is 2.46 bits per heavy atom. The van der Waals surface area contributed by atoms with Crippen molar-refractivity contribution < 1.29 is 13.2 Å². The Balaban J connectivity index is 1.72. The third kappa shape index (κ3) is 3.90. The smallest absolute Gasteiger partial charge is 0.243 e. The fourth-order valence-corrected chi connectivity index (χ4v) is 5.71. The lowest BCUT2D eigenvalue weighted by atomic mass is 9.98. The van der Waals surface area contributed by atoms with Crippen LogP contribution >= 0.6 is 23.4 Å².